The first-order valence-corrected chi connectivity index (χ1v) is 5.86. The summed E-state index contributed by atoms with van der Waals surface area (Å²) >= 11 is 0. The summed E-state index contributed by atoms with van der Waals surface area (Å²) in [4.78, 5) is 0. The fourth-order valence-electron chi connectivity index (χ4n) is 1.61. The van der Waals surface area contributed by atoms with Gasteiger partial charge in [-0.2, -0.15) is 0 Å². The van der Waals surface area contributed by atoms with Crippen LogP contribution in [-0.2, 0) is 0 Å². The van der Waals surface area contributed by atoms with Crippen LogP contribution in [0, 0.1) is 12.7 Å². The van der Waals surface area contributed by atoms with Crippen molar-refractivity contribution in [3.63, 3.8) is 0 Å². The molecule has 0 saturated carbocycles. The Hall–Kier alpha value is -1.87. The summed E-state index contributed by atoms with van der Waals surface area (Å²) in [5.41, 5.74) is 7.41. The number of ether oxygens (including phenoxy) is 1. The molecule has 0 spiro atoms. The molecule has 2 aromatic carbocycles. The largest absolute Gasteiger partial charge is 0.457 e. The average molecular weight is 245 g/mol. The summed E-state index contributed by atoms with van der Waals surface area (Å²) in [6.45, 7) is 3.64. The Morgan fingerprint density at radius 3 is 2.22 bits per heavy atom. The quantitative estimate of drug-likeness (QED) is 0.888. The number of aryl methyl sites for hydroxylation is 1. The van der Waals surface area contributed by atoms with E-state index < -0.39 is 0 Å². The maximum absolute atomic E-state index is 13.4. The predicted molar refractivity (Wildman–Crippen MR) is 70.3 cm³/mol. The molecule has 0 heterocycles. The van der Waals surface area contributed by atoms with Crippen LogP contribution in [0.4, 0.5) is 4.39 Å². The summed E-state index contributed by atoms with van der Waals surface area (Å²) < 4.78 is 18.9. The van der Waals surface area contributed by atoms with Gasteiger partial charge in [-0.25, -0.2) is 4.39 Å². The monoisotopic (exact) mass is 245 g/mol. The van der Waals surface area contributed by atoms with Gasteiger partial charge in [0, 0.05) is 12.1 Å². The highest BCUT2D eigenvalue weighted by molar-refractivity contribution is 5.35. The highest BCUT2D eigenvalue weighted by atomic mass is 19.1. The van der Waals surface area contributed by atoms with E-state index in [0.29, 0.717) is 17.1 Å². The second-order valence-electron chi connectivity index (χ2n) is 4.37. The van der Waals surface area contributed by atoms with E-state index in [0.717, 1.165) is 5.56 Å². The van der Waals surface area contributed by atoms with Crippen LogP contribution in [-0.4, -0.2) is 0 Å². The lowest BCUT2D eigenvalue weighted by Gasteiger charge is -2.09. The molecule has 3 heteroatoms. The van der Waals surface area contributed by atoms with Gasteiger partial charge in [-0.05, 0) is 43.2 Å². The van der Waals surface area contributed by atoms with E-state index in [1.807, 2.05) is 31.2 Å². The molecular formula is C15H16FNO. The average Bonchev–Trinajstić information content (AvgIpc) is 2.34. The van der Waals surface area contributed by atoms with Gasteiger partial charge in [0.25, 0.3) is 0 Å². The van der Waals surface area contributed by atoms with Crippen molar-refractivity contribution in [2.45, 2.75) is 19.9 Å². The molecule has 0 aliphatic heterocycles. The van der Waals surface area contributed by atoms with E-state index in [1.165, 1.54) is 6.07 Å². The minimum absolute atomic E-state index is 0.00382. The van der Waals surface area contributed by atoms with Gasteiger partial charge in [0.15, 0.2) is 0 Å². The molecule has 94 valence electrons. The molecule has 2 rings (SSSR count). The fourth-order valence-corrected chi connectivity index (χ4v) is 1.61. The van der Waals surface area contributed by atoms with Gasteiger partial charge >= 0.3 is 0 Å². The van der Waals surface area contributed by atoms with Crippen LogP contribution in [0.1, 0.15) is 24.1 Å². The molecular weight excluding hydrogens is 229 g/mol. The first kappa shape index (κ1) is 12.6. The second kappa shape index (κ2) is 5.19. The Labute approximate surface area is 106 Å². The lowest BCUT2D eigenvalue weighted by Crippen LogP contribution is -2.04. The second-order valence-corrected chi connectivity index (χ2v) is 4.37. The first-order valence-electron chi connectivity index (χ1n) is 5.86. The number of halogens is 1. The van der Waals surface area contributed by atoms with Gasteiger partial charge in [-0.15, -0.1) is 0 Å². The van der Waals surface area contributed by atoms with Crippen molar-refractivity contribution < 1.29 is 9.13 Å². The van der Waals surface area contributed by atoms with Gasteiger partial charge in [-0.3, -0.25) is 0 Å². The van der Waals surface area contributed by atoms with Gasteiger partial charge in [0.2, 0.25) is 0 Å². The zero-order chi connectivity index (χ0) is 13.1. The highest BCUT2D eigenvalue weighted by Gasteiger charge is 2.03. The van der Waals surface area contributed by atoms with E-state index in [-0.39, 0.29) is 11.9 Å². The van der Waals surface area contributed by atoms with E-state index in [9.17, 15) is 4.39 Å². The summed E-state index contributed by atoms with van der Waals surface area (Å²) in [5.74, 6) is 0.897. The highest BCUT2D eigenvalue weighted by Crippen LogP contribution is 2.24. The lowest BCUT2D eigenvalue weighted by atomic mass is 10.1. The van der Waals surface area contributed by atoms with Crippen LogP contribution in [0.3, 0.4) is 0 Å². The third kappa shape index (κ3) is 2.87. The zero-order valence-electron chi connectivity index (χ0n) is 10.5. The molecule has 2 nitrogen and oxygen atoms in total. The van der Waals surface area contributed by atoms with Crippen LogP contribution in [0.5, 0.6) is 11.5 Å². The lowest BCUT2D eigenvalue weighted by molar-refractivity contribution is 0.475. The van der Waals surface area contributed by atoms with E-state index in [1.54, 1.807) is 19.1 Å². The molecule has 2 N–H and O–H groups in total. The third-order valence-electron chi connectivity index (χ3n) is 2.78. The van der Waals surface area contributed by atoms with Crippen LogP contribution in [0.2, 0.25) is 0 Å². The smallest absolute Gasteiger partial charge is 0.130 e. The van der Waals surface area contributed by atoms with E-state index >= 15 is 0 Å². The van der Waals surface area contributed by atoms with Crippen LogP contribution in [0.15, 0.2) is 42.5 Å². The van der Waals surface area contributed by atoms with Gasteiger partial charge in [0.1, 0.15) is 17.3 Å². The van der Waals surface area contributed by atoms with Crippen molar-refractivity contribution in [3.05, 3.63) is 59.4 Å². The van der Waals surface area contributed by atoms with Crippen molar-refractivity contribution >= 4 is 0 Å². The summed E-state index contributed by atoms with van der Waals surface area (Å²) in [5, 5.41) is 0. The number of hydrogen-bond donors (Lipinski definition) is 1. The van der Waals surface area contributed by atoms with Crippen molar-refractivity contribution in [3.8, 4) is 11.5 Å². The Morgan fingerprint density at radius 1 is 1.06 bits per heavy atom. The third-order valence-corrected chi connectivity index (χ3v) is 2.78. The zero-order valence-corrected chi connectivity index (χ0v) is 10.5. The normalized spacial score (nSPS) is 12.2. The molecule has 0 amide bonds. The molecule has 0 radical (unpaired) electrons. The molecule has 0 aliphatic rings. The molecule has 0 saturated heterocycles. The molecule has 18 heavy (non-hydrogen) atoms. The topological polar surface area (TPSA) is 35.2 Å². The minimum atomic E-state index is -0.264. The summed E-state index contributed by atoms with van der Waals surface area (Å²) in [6.07, 6.45) is 0. The number of rotatable bonds is 3. The van der Waals surface area contributed by atoms with E-state index in [4.69, 9.17) is 10.5 Å². The Morgan fingerprint density at radius 2 is 1.67 bits per heavy atom. The molecule has 0 unspecified atom stereocenters. The van der Waals surface area contributed by atoms with Crippen LogP contribution >= 0.6 is 0 Å². The van der Waals surface area contributed by atoms with Crippen molar-refractivity contribution in [2.75, 3.05) is 0 Å². The van der Waals surface area contributed by atoms with Gasteiger partial charge in [-0.1, -0.05) is 18.2 Å². The fraction of sp³-hybridized carbons (Fsp3) is 0.200. The number of hydrogen-bond acceptors (Lipinski definition) is 2. The van der Waals surface area contributed by atoms with Gasteiger partial charge < -0.3 is 10.5 Å². The van der Waals surface area contributed by atoms with Crippen LogP contribution < -0.4 is 10.5 Å². The van der Waals surface area contributed by atoms with Crippen molar-refractivity contribution in [2.24, 2.45) is 5.73 Å². The summed E-state index contributed by atoms with van der Waals surface area (Å²) in [6, 6.07) is 12.3. The Balaban J connectivity index is 2.15. The summed E-state index contributed by atoms with van der Waals surface area (Å²) in [7, 11) is 0. The van der Waals surface area contributed by atoms with E-state index in [2.05, 4.69) is 0 Å². The van der Waals surface area contributed by atoms with Crippen molar-refractivity contribution in [1.82, 2.24) is 0 Å². The SMILES string of the molecule is Cc1ccc(Oc2ccc([C@H](C)N)cc2)cc1F. The Kier molecular flexibility index (Phi) is 3.63. The molecule has 0 fully saturated rings. The molecule has 0 aromatic heterocycles. The standard InChI is InChI=1S/C15H16FNO/c1-10-3-6-14(9-15(10)16)18-13-7-4-12(5-8-13)11(2)17/h3-9,11H,17H2,1-2H3/t11-/m0/s1. The molecule has 0 aliphatic carbocycles. The molecule has 2 aromatic rings. The maximum Gasteiger partial charge on any atom is 0.130 e. The minimum Gasteiger partial charge on any atom is -0.457 e. The predicted octanol–water partition coefficient (Wildman–Crippen LogP) is 3.95. The van der Waals surface area contributed by atoms with Crippen LogP contribution in [0.25, 0.3) is 0 Å². The van der Waals surface area contributed by atoms with Crippen molar-refractivity contribution in [1.29, 1.82) is 0 Å². The number of nitrogens with two attached hydrogens (primary N) is 1. The van der Waals surface area contributed by atoms with Gasteiger partial charge in [0.05, 0.1) is 0 Å². The number of benzene rings is 2. The first-order chi connectivity index (χ1) is 8.56. The Bertz CT molecular complexity index is 535. The molecule has 1 atom stereocenters. The molecule has 0 bridgehead atoms. The maximum atomic E-state index is 13.4.